The van der Waals surface area contributed by atoms with Crippen molar-refractivity contribution in [2.45, 2.75) is 45.3 Å². The fraction of sp³-hybridized carbons (Fsp3) is 0.348. The summed E-state index contributed by atoms with van der Waals surface area (Å²) in [5, 5.41) is 2.29. The average Bonchev–Trinajstić information content (AvgIpc) is 3.40. The minimum atomic E-state index is -0.888. The number of para-hydroxylation sites is 1. The highest BCUT2D eigenvalue weighted by atomic mass is 16.5. The molecule has 3 aromatic rings. The lowest BCUT2D eigenvalue weighted by Crippen LogP contribution is -2.40. The summed E-state index contributed by atoms with van der Waals surface area (Å²) in [7, 11) is 0. The predicted molar refractivity (Wildman–Crippen MR) is 113 cm³/mol. The Morgan fingerprint density at radius 2 is 1.72 bits per heavy atom. The van der Waals surface area contributed by atoms with E-state index in [1.807, 2.05) is 69.3 Å². The summed E-state index contributed by atoms with van der Waals surface area (Å²) in [5.41, 5.74) is 0.554. The van der Waals surface area contributed by atoms with E-state index in [9.17, 15) is 9.59 Å². The van der Waals surface area contributed by atoms with Gasteiger partial charge in [0.2, 0.25) is 0 Å². The van der Waals surface area contributed by atoms with Crippen LogP contribution >= 0.6 is 0 Å². The molecule has 2 heterocycles. The zero-order chi connectivity index (χ0) is 20.8. The Labute approximate surface area is 169 Å². The van der Waals surface area contributed by atoms with Crippen molar-refractivity contribution in [2.24, 2.45) is 0 Å². The van der Waals surface area contributed by atoms with Gasteiger partial charge in [-0.05, 0) is 31.5 Å². The molecule has 0 radical (unpaired) electrons. The van der Waals surface area contributed by atoms with Gasteiger partial charge in [0.15, 0.2) is 5.54 Å². The molecule has 0 amide bonds. The summed E-state index contributed by atoms with van der Waals surface area (Å²) >= 11 is 0. The largest absolute Gasteiger partial charge is 0.456 e. The number of rotatable bonds is 5. The van der Waals surface area contributed by atoms with E-state index in [1.165, 1.54) is 0 Å². The highest BCUT2D eigenvalue weighted by Gasteiger charge is 2.58. The molecule has 1 saturated heterocycles. The lowest BCUT2D eigenvalue weighted by molar-refractivity contribution is -0.151. The molecule has 1 aliphatic heterocycles. The predicted octanol–water partition coefficient (Wildman–Crippen LogP) is 3.53. The SMILES string of the molecule is CC(C)c1nc2ccccc2c(=O)n1N1C[C@]1(C)C(=O)O[C@@H](C)c1ccccc1. The maximum Gasteiger partial charge on any atom is 0.335 e. The van der Waals surface area contributed by atoms with Crippen molar-refractivity contribution in [3.05, 3.63) is 76.3 Å². The zero-order valence-corrected chi connectivity index (χ0v) is 17.1. The van der Waals surface area contributed by atoms with Gasteiger partial charge in [0.25, 0.3) is 5.56 Å². The van der Waals surface area contributed by atoms with Gasteiger partial charge in [0.05, 0.1) is 17.4 Å². The number of ether oxygens (including phenoxy) is 1. The van der Waals surface area contributed by atoms with Crippen molar-refractivity contribution in [1.29, 1.82) is 0 Å². The van der Waals surface area contributed by atoms with Crippen LogP contribution in [0.3, 0.4) is 0 Å². The van der Waals surface area contributed by atoms with Gasteiger partial charge in [-0.2, -0.15) is 0 Å². The van der Waals surface area contributed by atoms with Crippen molar-refractivity contribution >= 4 is 16.9 Å². The normalized spacial score (nSPS) is 19.4. The number of benzene rings is 2. The summed E-state index contributed by atoms with van der Waals surface area (Å²) < 4.78 is 7.28. The van der Waals surface area contributed by atoms with E-state index in [-0.39, 0.29) is 23.6 Å². The third kappa shape index (κ3) is 3.28. The molecule has 150 valence electrons. The van der Waals surface area contributed by atoms with E-state index in [0.717, 1.165) is 5.56 Å². The first-order chi connectivity index (χ1) is 13.8. The monoisotopic (exact) mass is 391 g/mol. The first-order valence-electron chi connectivity index (χ1n) is 9.88. The number of hydrogen-bond acceptors (Lipinski definition) is 5. The van der Waals surface area contributed by atoms with Crippen LogP contribution in [0.25, 0.3) is 10.9 Å². The Hall–Kier alpha value is -3.15. The number of nitrogens with zero attached hydrogens (tertiary/aromatic N) is 3. The molecule has 0 unspecified atom stereocenters. The Kier molecular flexibility index (Phi) is 4.65. The number of carbonyl (C=O) groups is 1. The maximum absolute atomic E-state index is 13.2. The highest BCUT2D eigenvalue weighted by molar-refractivity contribution is 5.88. The van der Waals surface area contributed by atoms with Crippen molar-refractivity contribution < 1.29 is 9.53 Å². The molecule has 0 saturated carbocycles. The van der Waals surface area contributed by atoms with Crippen molar-refractivity contribution in [3.8, 4) is 0 Å². The second-order valence-electron chi connectivity index (χ2n) is 8.05. The fourth-order valence-corrected chi connectivity index (χ4v) is 3.55. The van der Waals surface area contributed by atoms with Crippen LogP contribution in [0.1, 0.15) is 51.1 Å². The molecular weight excluding hydrogens is 366 g/mol. The number of carbonyl (C=O) groups excluding carboxylic acids is 1. The van der Waals surface area contributed by atoms with Gasteiger partial charge in [0.1, 0.15) is 11.9 Å². The first kappa shape index (κ1) is 19.2. The quantitative estimate of drug-likeness (QED) is 0.492. The number of aromatic nitrogens is 2. The van der Waals surface area contributed by atoms with Gasteiger partial charge in [-0.25, -0.2) is 14.5 Å². The van der Waals surface area contributed by atoms with Crippen LogP contribution < -0.4 is 10.6 Å². The van der Waals surface area contributed by atoms with E-state index in [4.69, 9.17) is 9.72 Å². The van der Waals surface area contributed by atoms with Gasteiger partial charge in [-0.15, -0.1) is 0 Å². The average molecular weight is 391 g/mol. The smallest absolute Gasteiger partial charge is 0.335 e. The van der Waals surface area contributed by atoms with Crippen LogP contribution in [0.15, 0.2) is 59.4 Å². The highest BCUT2D eigenvalue weighted by Crippen LogP contribution is 2.34. The minimum absolute atomic E-state index is 0.0245. The molecule has 0 spiro atoms. The maximum atomic E-state index is 13.2. The van der Waals surface area contributed by atoms with Crippen molar-refractivity contribution in [1.82, 2.24) is 9.66 Å². The van der Waals surface area contributed by atoms with Crippen molar-refractivity contribution in [3.63, 3.8) is 0 Å². The van der Waals surface area contributed by atoms with Crippen LogP contribution in [0.4, 0.5) is 0 Å². The molecule has 0 N–H and O–H groups in total. The third-order valence-electron chi connectivity index (χ3n) is 5.45. The summed E-state index contributed by atoms with van der Waals surface area (Å²) in [5.74, 6) is 0.321. The summed E-state index contributed by atoms with van der Waals surface area (Å²) in [4.78, 5) is 30.9. The van der Waals surface area contributed by atoms with E-state index in [1.54, 1.807) is 22.7 Å². The van der Waals surface area contributed by atoms with Crippen LogP contribution in [0, 0.1) is 0 Å². The van der Waals surface area contributed by atoms with Gasteiger partial charge in [-0.1, -0.05) is 56.3 Å². The zero-order valence-electron chi connectivity index (χ0n) is 17.1. The first-order valence-corrected chi connectivity index (χ1v) is 9.88. The molecule has 1 aliphatic rings. The Morgan fingerprint density at radius 1 is 1.07 bits per heavy atom. The van der Waals surface area contributed by atoms with Gasteiger partial charge < -0.3 is 4.74 Å². The molecule has 6 heteroatoms. The van der Waals surface area contributed by atoms with E-state index < -0.39 is 5.54 Å². The summed E-state index contributed by atoms with van der Waals surface area (Å²) in [6.07, 6.45) is -0.362. The molecule has 2 atom stereocenters. The number of fused-ring (bicyclic) bond motifs is 1. The number of esters is 1. The Morgan fingerprint density at radius 3 is 2.41 bits per heavy atom. The fourth-order valence-electron chi connectivity index (χ4n) is 3.55. The van der Waals surface area contributed by atoms with Crippen LogP contribution in [-0.4, -0.2) is 27.7 Å². The van der Waals surface area contributed by atoms with E-state index >= 15 is 0 Å². The molecular formula is C23H25N3O3. The van der Waals surface area contributed by atoms with Gasteiger partial charge in [-0.3, -0.25) is 9.80 Å². The standard InChI is InChI=1S/C23H25N3O3/c1-15(2)20-24-19-13-9-8-12-18(19)21(27)26(20)25-14-23(25,4)22(28)29-16(3)17-10-6-5-7-11-17/h5-13,15-16H,14H2,1-4H3/t16-,23+,25?/m0/s1. The second kappa shape index (κ2) is 7.03. The van der Waals surface area contributed by atoms with E-state index in [2.05, 4.69) is 0 Å². The summed E-state index contributed by atoms with van der Waals surface area (Å²) in [6.45, 7) is 8.05. The lowest BCUT2D eigenvalue weighted by Gasteiger charge is -2.21. The molecule has 0 bridgehead atoms. The molecule has 6 nitrogen and oxygen atoms in total. The van der Waals surface area contributed by atoms with Gasteiger partial charge >= 0.3 is 5.97 Å². The molecule has 1 aromatic heterocycles. The lowest BCUT2D eigenvalue weighted by atomic mass is 10.1. The van der Waals surface area contributed by atoms with Crippen LogP contribution in [-0.2, 0) is 9.53 Å². The molecule has 1 fully saturated rings. The summed E-state index contributed by atoms with van der Waals surface area (Å²) in [6, 6.07) is 16.9. The number of hydrogen-bond donors (Lipinski definition) is 0. The molecule has 0 aliphatic carbocycles. The van der Waals surface area contributed by atoms with E-state index in [0.29, 0.717) is 23.3 Å². The second-order valence-corrected chi connectivity index (χ2v) is 8.05. The Balaban J connectivity index is 1.66. The molecule has 29 heavy (non-hydrogen) atoms. The van der Waals surface area contributed by atoms with Crippen molar-refractivity contribution in [2.75, 3.05) is 11.6 Å². The Bertz CT molecular complexity index is 1120. The van der Waals surface area contributed by atoms with Gasteiger partial charge in [0, 0.05) is 5.92 Å². The molecule has 2 aromatic carbocycles. The van der Waals surface area contributed by atoms with Crippen LogP contribution in [0.2, 0.25) is 0 Å². The minimum Gasteiger partial charge on any atom is -0.456 e. The third-order valence-corrected chi connectivity index (χ3v) is 5.45. The molecule has 4 rings (SSSR count). The van der Waals surface area contributed by atoms with Crippen LogP contribution in [0.5, 0.6) is 0 Å². The topological polar surface area (TPSA) is 64.2 Å².